The Morgan fingerprint density at radius 2 is 2.04 bits per heavy atom. The predicted octanol–water partition coefficient (Wildman–Crippen LogP) is 1.46. The zero-order chi connectivity index (χ0) is 17.2. The van der Waals surface area contributed by atoms with E-state index in [9.17, 15) is 9.59 Å². The molecule has 1 aromatic carbocycles. The molecule has 2 amide bonds. The molecule has 0 spiro atoms. The third-order valence-electron chi connectivity index (χ3n) is 4.95. The average molecular weight is 339 g/mol. The smallest absolute Gasteiger partial charge is 0.245 e. The first-order valence-corrected chi connectivity index (χ1v) is 8.76. The lowest BCUT2D eigenvalue weighted by molar-refractivity contribution is -0.135. The van der Waals surface area contributed by atoms with Crippen LogP contribution in [0.3, 0.4) is 0 Å². The Bertz CT molecular complexity index is 773. The number of amides is 2. The van der Waals surface area contributed by atoms with Crippen LogP contribution >= 0.6 is 0 Å². The largest absolute Gasteiger partial charge is 0.344 e. The van der Waals surface area contributed by atoms with E-state index in [0.717, 1.165) is 30.8 Å². The number of rotatable bonds is 3. The SMILES string of the molecule is O=C1CC[C@H](C(=O)N2CCC[C@@H](c3nc(-c4ccccc4)n[nH]3)C2)N1. The van der Waals surface area contributed by atoms with Gasteiger partial charge >= 0.3 is 0 Å². The van der Waals surface area contributed by atoms with Gasteiger partial charge < -0.3 is 10.2 Å². The summed E-state index contributed by atoms with van der Waals surface area (Å²) in [5.74, 6) is 1.65. The van der Waals surface area contributed by atoms with Crippen molar-refractivity contribution in [2.45, 2.75) is 37.6 Å². The maximum absolute atomic E-state index is 12.6. The zero-order valence-corrected chi connectivity index (χ0v) is 13.9. The molecule has 25 heavy (non-hydrogen) atoms. The van der Waals surface area contributed by atoms with Gasteiger partial charge in [0, 0.05) is 31.0 Å². The maximum atomic E-state index is 12.6. The standard InChI is InChI=1S/C18H21N5O2/c24-15-9-8-14(19-15)18(25)23-10-4-7-13(11-23)17-20-16(21-22-17)12-5-2-1-3-6-12/h1-3,5-6,13-14H,4,7-11H2,(H,19,24)(H,20,21,22)/t13-,14-/m1/s1. The molecule has 2 N–H and O–H groups in total. The number of benzene rings is 1. The molecule has 2 atom stereocenters. The van der Waals surface area contributed by atoms with E-state index in [1.807, 2.05) is 35.2 Å². The molecular formula is C18H21N5O2. The minimum Gasteiger partial charge on any atom is -0.344 e. The number of nitrogens with zero attached hydrogens (tertiary/aromatic N) is 3. The number of carbonyl (C=O) groups excluding carboxylic acids is 2. The molecule has 4 rings (SSSR count). The molecule has 1 aromatic heterocycles. The lowest BCUT2D eigenvalue weighted by Crippen LogP contribution is -2.48. The molecule has 0 saturated carbocycles. The summed E-state index contributed by atoms with van der Waals surface area (Å²) in [6.07, 6.45) is 2.94. The van der Waals surface area contributed by atoms with Gasteiger partial charge in [0.15, 0.2) is 5.82 Å². The van der Waals surface area contributed by atoms with E-state index < -0.39 is 0 Å². The summed E-state index contributed by atoms with van der Waals surface area (Å²) in [7, 11) is 0. The highest BCUT2D eigenvalue weighted by atomic mass is 16.2. The van der Waals surface area contributed by atoms with E-state index in [1.54, 1.807) is 0 Å². The molecule has 2 fully saturated rings. The Labute approximate surface area is 145 Å². The fourth-order valence-corrected chi connectivity index (χ4v) is 3.59. The van der Waals surface area contributed by atoms with E-state index >= 15 is 0 Å². The zero-order valence-electron chi connectivity index (χ0n) is 13.9. The number of aromatic amines is 1. The topological polar surface area (TPSA) is 91.0 Å². The van der Waals surface area contributed by atoms with Crippen LogP contribution in [0, 0.1) is 0 Å². The van der Waals surface area contributed by atoms with Crippen LogP contribution in [0.25, 0.3) is 11.4 Å². The van der Waals surface area contributed by atoms with Crippen molar-refractivity contribution in [3.8, 4) is 11.4 Å². The van der Waals surface area contributed by atoms with Crippen molar-refractivity contribution in [3.05, 3.63) is 36.2 Å². The summed E-state index contributed by atoms with van der Waals surface area (Å²) < 4.78 is 0. The third-order valence-corrected chi connectivity index (χ3v) is 4.95. The van der Waals surface area contributed by atoms with Crippen molar-refractivity contribution in [2.24, 2.45) is 0 Å². The van der Waals surface area contributed by atoms with Gasteiger partial charge in [-0.05, 0) is 19.3 Å². The van der Waals surface area contributed by atoms with Crippen LogP contribution in [-0.2, 0) is 9.59 Å². The van der Waals surface area contributed by atoms with Gasteiger partial charge in [-0.15, -0.1) is 0 Å². The minimum atomic E-state index is -0.360. The van der Waals surface area contributed by atoms with Crippen molar-refractivity contribution >= 4 is 11.8 Å². The van der Waals surface area contributed by atoms with Gasteiger partial charge in [0.05, 0.1) is 0 Å². The van der Waals surface area contributed by atoms with Gasteiger partial charge in [-0.1, -0.05) is 30.3 Å². The Hall–Kier alpha value is -2.70. The maximum Gasteiger partial charge on any atom is 0.245 e. The molecule has 130 valence electrons. The summed E-state index contributed by atoms with van der Waals surface area (Å²) in [6, 6.07) is 9.48. The van der Waals surface area contributed by atoms with E-state index in [-0.39, 0.29) is 23.8 Å². The lowest BCUT2D eigenvalue weighted by atomic mass is 9.96. The van der Waals surface area contributed by atoms with Gasteiger partial charge in [0.25, 0.3) is 0 Å². The second-order valence-corrected chi connectivity index (χ2v) is 6.69. The highest BCUT2D eigenvalue weighted by Gasteiger charge is 2.34. The molecule has 0 radical (unpaired) electrons. The predicted molar refractivity (Wildman–Crippen MR) is 91.5 cm³/mol. The summed E-state index contributed by atoms with van der Waals surface area (Å²) in [4.78, 5) is 30.5. The Kier molecular flexibility index (Phi) is 4.21. The van der Waals surface area contributed by atoms with Gasteiger partial charge in [0.2, 0.25) is 11.8 Å². The first kappa shape index (κ1) is 15.8. The number of nitrogens with one attached hydrogen (secondary N) is 2. The highest BCUT2D eigenvalue weighted by Crippen LogP contribution is 2.27. The minimum absolute atomic E-state index is 0.0262. The molecule has 2 aliphatic rings. The van der Waals surface area contributed by atoms with Gasteiger partial charge in [0.1, 0.15) is 11.9 Å². The van der Waals surface area contributed by atoms with Crippen molar-refractivity contribution < 1.29 is 9.59 Å². The number of aromatic nitrogens is 3. The summed E-state index contributed by atoms with van der Waals surface area (Å²) >= 11 is 0. The fraction of sp³-hybridized carbons (Fsp3) is 0.444. The van der Waals surface area contributed by atoms with E-state index in [0.29, 0.717) is 25.2 Å². The van der Waals surface area contributed by atoms with Crippen LogP contribution in [0.1, 0.15) is 37.4 Å². The van der Waals surface area contributed by atoms with Crippen LogP contribution in [0.2, 0.25) is 0 Å². The number of carbonyl (C=O) groups is 2. The number of hydrogen-bond donors (Lipinski definition) is 2. The van der Waals surface area contributed by atoms with Crippen LogP contribution < -0.4 is 5.32 Å². The van der Waals surface area contributed by atoms with Gasteiger partial charge in [-0.2, -0.15) is 5.10 Å². The normalized spacial score (nSPS) is 23.5. The summed E-state index contributed by atoms with van der Waals surface area (Å²) in [5.41, 5.74) is 0.974. The first-order valence-electron chi connectivity index (χ1n) is 8.76. The number of likely N-dealkylation sites (tertiary alicyclic amines) is 1. The highest BCUT2D eigenvalue weighted by molar-refractivity contribution is 5.90. The van der Waals surface area contributed by atoms with Crippen LogP contribution in [0.4, 0.5) is 0 Å². The molecule has 0 unspecified atom stereocenters. The third kappa shape index (κ3) is 3.26. The lowest BCUT2D eigenvalue weighted by Gasteiger charge is -2.33. The van der Waals surface area contributed by atoms with E-state index in [1.165, 1.54) is 0 Å². The summed E-state index contributed by atoms with van der Waals surface area (Å²) in [6.45, 7) is 1.36. The molecular weight excluding hydrogens is 318 g/mol. The number of piperidine rings is 1. The molecule has 0 bridgehead atoms. The van der Waals surface area contributed by atoms with E-state index in [2.05, 4.69) is 20.5 Å². The fourth-order valence-electron chi connectivity index (χ4n) is 3.59. The molecule has 0 aliphatic carbocycles. The average Bonchev–Trinajstić information content (AvgIpc) is 3.31. The second-order valence-electron chi connectivity index (χ2n) is 6.69. The van der Waals surface area contributed by atoms with Crippen molar-refractivity contribution in [1.82, 2.24) is 25.4 Å². The molecule has 3 heterocycles. The number of H-pyrrole nitrogens is 1. The molecule has 2 aromatic rings. The quantitative estimate of drug-likeness (QED) is 0.886. The Morgan fingerprint density at radius 3 is 2.80 bits per heavy atom. The van der Waals surface area contributed by atoms with Crippen molar-refractivity contribution in [1.29, 1.82) is 0 Å². The van der Waals surface area contributed by atoms with Crippen molar-refractivity contribution in [2.75, 3.05) is 13.1 Å². The number of hydrogen-bond acceptors (Lipinski definition) is 4. The Morgan fingerprint density at radius 1 is 1.20 bits per heavy atom. The first-order chi connectivity index (χ1) is 12.2. The molecule has 2 saturated heterocycles. The van der Waals surface area contributed by atoms with E-state index in [4.69, 9.17) is 0 Å². The molecule has 7 nitrogen and oxygen atoms in total. The monoisotopic (exact) mass is 339 g/mol. The Balaban J connectivity index is 1.45. The van der Waals surface area contributed by atoms with Crippen LogP contribution in [0.15, 0.2) is 30.3 Å². The van der Waals surface area contributed by atoms with Crippen LogP contribution in [0.5, 0.6) is 0 Å². The van der Waals surface area contributed by atoms with Gasteiger partial charge in [-0.3, -0.25) is 14.7 Å². The second kappa shape index (κ2) is 6.66. The molecule has 7 heteroatoms. The van der Waals surface area contributed by atoms with Gasteiger partial charge in [-0.25, -0.2) is 4.98 Å². The van der Waals surface area contributed by atoms with Crippen LogP contribution in [-0.4, -0.2) is 51.0 Å². The molecule has 2 aliphatic heterocycles. The van der Waals surface area contributed by atoms with Crippen molar-refractivity contribution in [3.63, 3.8) is 0 Å². The summed E-state index contributed by atoms with van der Waals surface area (Å²) in [5, 5.41) is 10.1.